The minimum Gasteiger partial charge on any atom is -0.245 e. The summed E-state index contributed by atoms with van der Waals surface area (Å²) in [6.07, 6.45) is 2.54. The normalized spacial score (nSPS) is 14.9. The summed E-state index contributed by atoms with van der Waals surface area (Å²) < 4.78 is 0.862. The maximum absolute atomic E-state index is 4.29. The van der Waals surface area contributed by atoms with Crippen molar-refractivity contribution < 1.29 is 0 Å². The zero-order chi connectivity index (χ0) is 9.26. The summed E-state index contributed by atoms with van der Waals surface area (Å²) in [6.45, 7) is 1.98. The summed E-state index contributed by atoms with van der Waals surface area (Å²) in [4.78, 5) is 4.29. The average molecular weight is 236 g/mol. The smallest absolute Gasteiger partial charge is 0.121 e. The molecule has 1 saturated carbocycles. The molecule has 0 bridgehead atoms. The maximum atomic E-state index is 4.29. The molecule has 1 aliphatic carbocycles. The first-order chi connectivity index (χ1) is 6.25. The van der Waals surface area contributed by atoms with E-state index in [2.05, 4.69) is 32.8 Å². The number of nitrogens with zero attached hydrogens (tertiary/aromatic N) is 1. The van der Waals surface area contributed by atoms with E-state index in [1.165, 1.54) is 12.8 Å². The van der Waals surface area contributed by atoms with Crippen LogP contribution in [0.5, 0.6) is 0 Å². The zero-order valence-corrected chi connectivity index (χ0v) is 9.06. The minimum absolute atomic E-state index is 0.646. The van der Waals surface area contributed by atoms with Crippen LogP contribution in [0.25, 0.3) is 0 Å². The van der Waals surface area contributed by atoms with Gasteiger partial charge < -0.3 is 0 Å². The molecule has 0 saturated heterocycles. The molecule has 1 aromatic rings. The number of pyridine rings is 1. The Bertz CT molecular complexity index is 383. The molecule has 1 aromatic heterocycles. The molecule has 0 unspecified atom stereocenters. The molecule has 1 heterocycles. The Hall–Kier alpha value is -0.810. The molecule has 2 rings (SSSR count). The van der Waals surface area contributed by atoms with Crippen LogP contribution in [-0.4, -0.2) is 4.98 Å². The highest BCUT2D eigenvalue weighted by molar-refractivity contribution is 9.10. The van der Waals surface area contributed by atoms with Gasteiger partial charge in [-0.2, -0.15) is 0 Å². The molecule has 0 radical (unpaired) electrons. The van der Waals surface area contributed by atoms with E-state index in [0.717, 1.165) is 15.9 Å². The molecular weight excluding hydrogens is 226 g/mol. The Morgan fingerprint density at radius 3 is 2.85 bits per heavy atom. The Kier molecular flexibility index (Phi) is 2.37. The Morgan fingerprint density at radius 2 is 2.23 bits per heavy atom. The molecular formula is C11H10BrN. The number of hydrogen-bond donors (Lipinski definition) is 0. The first-order valence-electron chi connectivity index (χ1n) is 4.40. The predicted octanol–water partition coefficient (Wildman–Crippen LogP) is 2.91. The molecule has 1 fully saturated rings. The van der Waals surface area contributed by atoms with Gasteiger partial charge in [-0.1, -0.05) is 11.8 Å². The molecule has 0 atom stereocenters. The summed E-state index contributed by atoms with van der Waals surface area (Å²) in [5.41, 5.74) is 2.02. The van der Waals surface area contributed by atoms with E-state index in [4.69, 9.17) is 0 Å². The summed E-state index contributed by atoms with van der Waals surface area (Å²) in [5.74, 6) is 7.00. The monoisotopic (exact) mass is 235 g/mol. The lowest BCUT2D eigenvalue weighted by molar-refractivity contribution is 1.15. The Balaban J connectivity index is 2.25. The van der Waals surface area contributed by atoms with Crippen LogP contribution in [0.4, 0.5) is 0 Å². The number of rotatable bonds is 0. The van der Waals surface area contributed by atoms with Crippen LogP contribution in [0.1, 0.15) is 24.1 Å². The molecule has 0 aliphatic heterocycles. The second-order valence-corrected chi connectivity index (χ2v) is 4.09. The zero-order valence-electron chi connectivity index (χ0n) is 7.47. The second kappa shape index (κ2) is 3.51. The fourth-order valence-corrected chi connectivity index (χ4v) is 1.54. The van der Waals surface area contributed by atoms with Crippen LogP contribution in [0.3, 0.4) is 0 Å². The summed E-state index contributed by atoms with van der Waals surface area (Å²) in [6, 6.07) is 4.00. The maximum Gasteiger partial charge on any atom is 0.121 e. The van der Waals surface area contributed by atoms with Crippen molar-refractivity contribution in [1.82, 2.24) is 4.98 Å². The van der Waals surface area contributed by atoms with E-state index < -0.39 is 0 Å². The van der Waals surface area contributed by atoms with Crippen molar-refractivity contribution in [3.8, 4) is 11.8 Å². The number of hydrogen-bond acceptors (Lipinski definition) is 1. The number of aryl methyl sites for hydroxylation is 1. The lowest BCUT2D eigenvalue weighted by Gasteiger charge is -1.95. The third kappa shape index (κ3) is 2.32. The predicted molar refractivity (Wildman–Crippen MR) is 56.3 cm³/mol. The fourth-order valence-electron chi connectivity index (χ4n) is 1.03. The van der Waals surface area contributed by atoms with E-state index in [1.807, 2.05) is 19.1 Å². The van der Waals surface area contributed by atoms with Crippen molar-refractivity contribution >= 4 is 15.9 Å². The van der Waals surface area contributed by atoms with Crippen LogP contribution in [0.15, 0.2) is 16.7 Å². The van der Waals surface area contributed by atoms with Gasteiger partial charge in [-0.15, -0.1) is 0 Å². The van der Waals surface area contributed by atoms with E-state index in [0.29, 0.717) is 5.92 Å². The Morgan fingerprint density at radius 1 is 1.46 bits per heavy atom. The van der Waals surface area contributed by atoms with Gasteiger partial charge in [0.1, 0.15) is 4.60 Å². The van der Waals surface area contributed by atoms with Crippen LogP contribution in [0, 0.1) is 24.7 Å². The molecule has 0 N–H and O–H groups in total. The lowest BCUT2D eigenvalue weighted by atomic mass is 10.2. The van der Waals surface area contributed by atoms with Gasteiger partial charge in [-0.05, 0) is 47.8 Å². The minimum atomic E-state index is 0.646. The fraction of sp³-hybridized carbons (Fsp3) is 0.364. The molecule has 13 heavy (non-hydrogen) atoms. The first-order valence-corrected chi connectivity index (χ1v) is 5.20. The summed E-state index contributed by atoms with van der Waals surface area (Å²) in [7, 11) is 0. The number of halogens is 1. The van der Waals surface area contributed by atoms with Crippen molar-refractivity contribution in [1.29, 1.82) is 0 Å². The van der Waals surface area contributed by atoms with Gasteiger partial charge >= 0.3 is 0 Å². The molecule has 66 valence electrons. The van der Waals surface area contributed by atoms with Gasteiger partial charge in [0.2, 0.25) is 0 Å². The Labute approximate surface area is 86.7 Å². The second-order valence-electron chi connectivity index (χ2n) is 3.33. The SMILES string of the molecule is Cc1ccc(C#CC2CC2)c(Br)n1. The third-order valence-corrected chi connectivity index (χ3v) is 2.58. The van der Waals surface area contributed by atoms with E-state index in [-0.39, 0.29) is 0 Å². The van der Waals surface area contributed by atoms with E-state index >= 15 is 0 Å². The molecule has 0 spiro atoms. The summed E-state index contributed by atoms with van der Waals surface area (Å²) >= 11 is 3.40. The lowest BCUT2D eigenvalue weighted by Crippen LogP contribution is -1.85. The van der Waals surface area contributed by atoms with Crippen molar-refractivity contribution in [3.05, 3.63) is 28.0 Å². The van der Waals surface area contributed by atoms with Crippen LogP contribution in [0.2, 0.25) is 0 Å². The topological polar surface area (TPSA) is 12.9 Å². The quantitative estimate of drug-likeness (QED) is 0.498. The molecule has 1 nitrogen and oxygen atoms in total. The summed E-state index contributed by atoms with van der Waals surface area (Å²) in [5, 5.41) is 0. The molecule has 2 heteroatoms. The number of aromatic nitrogens is 1. The molecule has 1 aliphatic rings. The molecule has 0 aromatic carbocycles. The van der Waals surface area contributed by atoms with E-state index in [1.54, 1.807) is 0 Å². The van der Waals surface area contributed by atoms with Crippen molar-refractivity contribution in [2.75, 3.05) is 0 Å². The van der Waals surface area contributed by atoms with Crippen molar-refractivity contribution in [2.45, 2.75) is 19.8 Å². The van der Waals surface area contributed by atoms with Gasteiger partial charge in [0, 0.05) is 11.6 Å². The highest BCUT2D eigenvalue weighted by atomic mass is 79.9. The highest BCUT2D eigenvalue weighted by Crippen LogP contribution is 2.27. The first kappa shape index (κ1) is 8.77. The highest BCUT2D eigenvalue weighted by Gasteiger charge is 2.17. The van der Waals surface area contributed by atoms with Crippen LogP contribution in [-0.2, 0) is 0 Å². The van der Waals surface area contributed by atoms with Gasteiger partial charge in [0.05, 0.1) is 5.56 Å². The van der Waals surface area contributed by atoms with Gasteiger partial charge in [0.25, 0.3) is 0 Å². The van der Waals surface area contributed by atoms with Gasteiger partial charge in [-0.25, -0.2) is 4.98 Å². The van der Waals surface area contributed by atoms with Crippen molar-refractivity contribution in [3.63, 3.8) is 0 Å². The van der Waals surface area contributed by atoms with Gasteiger partial charge in [0.15, 0.2) is 0 Å². The van der Waals surface area contributed by atoms with Crippen LogP contribution < -0.4 is 0 Å². The van der Waals surface area contributed by atoms with E-state index in [9.17, 15) is 0 Å². The molecule has 0 amide bonds. The van der Waals surface area contributed by atoms with Crippen LogP contribution >= 0.6 is 15.9 Å². The average Bonchev–Trinajstić information content (AvgIpc) is 2.86. The standard InChI is InChI=1S/C11H10BrN/c1-8-2-6-10(11(12)13-8)7-5-9-3-4-9/h2,6,9H,3-4H2,1H3. The van der Waals surface area contributed by atoms with Crippen molar-refractivity contribution in [2.24, 2.45) is 5.92 Å². The largest absolute Gasteiger partial charge is 0.245 e. The van der Waals surface area contributed by atoms with Gasteiger partial charge in [-0.3, -0.25) is 0 Å². The third-order valence-electron chi connectivity index (χ3n) is 1.98.